The second-order valence-corrected chi connectivity index (χ2v) is 7.57. The van der Waals surface area contributed by atoms with Gasteiger partial charge in [-0.15, -0.1) is 24.0 Å². The fraction of sp³-hybridized carbons (Fsp3) is 0.545. The molecule has 0 spiro atoms. The van der Waals surface area contributed by atoms with Crippen molar-refractivity contribution >= 4 is 29.9 Å². The molecular weight excluding hydrogens is 493 g/mol. The van der Waals surface area contributed by atoms with Crippen LogP contribution in [0, 0.1) is 0 Å². The second kappa shape index (κ2) is 14.2. The Kier molecular flexibility index (Phi) is 12.4. The maximum Gasteiger partial charge on any atom is 0.191 e. The van der Waals surface area contributed by atoms with Gasteiger partial charge < -0.3 is 24.8 Å². The summed E-state index contributed by atoms with van der Waals surface area (Å²) in [5, 5.41) is 10.6. The molecule has 0 aliphatic rings. The van der Waals surface area contributed by atoms with Gasteiger partial charge in [0.2, 0.25) is 0 Å². The SMILES string of the molecule is CCNC(=NCc1ccc(OCCCN(C)C)cc1)NCc1cc(C(C)C)no1.I. The fourth-order valence-electron chi connectivity index (χ4n) is 2.63. The lowest BCUT2D eigenvalue weighted by molar-refractivity contribution is 0.281. The summed E-state index contributed by atoms with van der Waals surface area (Å²) in [4.78, 5) is 6.81. The molecular formula is C22H36IN5O2. The number of benzene rings is 1. The monoisotopic (exact) mass is 529 g/mol. The Labute approximate surface area is 197 Å². The first-order valence-corrected chi connectivity index (χ1v) is 10.3. The van der Waals surface area contributed by atoms with Crippen molar-refractivity contribution in [3.63, 3.8) is 0 Å². The van der Waals surface area contributed by atoms with Crippen LogP contribution >= 0.6 is 24.0 Å². The molecule has 0 saturated carbocycles. The number of ether oxygens (including phenoxy) is 1. The van der Waals surface area contributed by atoms with Crippen LogP contribution in [0.2, 0.25) is 0 Å². The van der Waals surface area contributed by atoms with Crippen molar-refractivity contribution in [3.8, 4) is 5.75 Å². The van der Waals surface area contributed by atoms with E-state index in [1.807, 2.05) is 25.1 Å². The van der Waals surface area contributed by atoms with Crippen LogP contribution in [0.3, 0.4) is 0 Å². The second-order valence-electron chi connectivity index (χ2n) is 7.57. The van der Waals surface area contributed by atoms with Crippen LogP contribution in [-0.4, -0.2) is 49.8 Å². The number of hydrogen-bond donors (Lipinski definition) is 2. The average molecular weight is 529 g/mol. The van der Waals surface area contributed by atoms with E-state index in [2.05, 4.69) is 65.8 Å². The quantitative estimate of drug-likeness (QED) is 0.199. The van der Waals surface area contributed by atoms with E-state index in [0.29, 0.717) is 19.0 Å². The van der Waals surface area contributed by atoms with Crippen molar-refractivity contribution in [2.24, 2.45) is 4.99 Å². The van der Waals surface area contributed by atoms with Crippen LogP contribution in [0.4, 0.5) is 0 Å². The molecule has 0 atom stereocenters. The van der Waals surface area contributed by atoms with Crippen LogP contribution in [0.25, 0.3) is 0 Å². The summed E-state index contributed by atoms with van der Waals surface area (Å²) in [5.74, 6) is 2.80. The van der Waals surface area contributed by atoms with Crippen molar-refractivity contribution in [1.29, 1.82) is 0 Å². The van der Waals surface area contributed by atoms with E-state index in [1.165, 1.54) is 0 Å². The fourth-order valence-corrected chi connectivity index (χ4v) is 2.63. The van der Waals surface area contributed by atoms with E-state index in [9.17, 15) is 0 Å². The number of halogens is 1. The van der Waals surface area contributed by atoms with Crippen LogP contribution in [0.15, 0.2) is 39.8 Å². The number of guanidine groups is 1. The summed E-state index contributed by atoms with van der Waals surface area (Å²) in [6.07, 6.45) is 1.01. The summed E-state index contributed by atoms with van der Waals surface area (Å²) in [7, 11) is 4.14. The molecule has 2 N–H and O–H groups in total. The zero-order valence-electron chi connectivity index (χ0n) is 18.8. The van der Waals surface area contributed by atoms with Crippen LogP contribution in [0.1, 0.15) is 50.1 Å². The topological polar surface area (TPSA) is 74.9 Å². The van der Waals surface area contributed by atoms with Gasteiger partial charge >= 0.3 is 0 Å². The van der Waals surface area contributed by atoms with Crippen molar-refractivity contribution in [1.82, 2.24) is 20.7 Å². The molecule has 0 aliphatic heterocycles. The maximum atomic E-state index is 5.78. The third-order valence-corrected chi connectivity index (χ3v) is 4.30. The highest BCUT2D eigenvalue weighted by molar-refractivity contribution is 14.0. The first-order valence-electron chi connectivity index (χ1n) is 10.3. The number of aromatic nitrogens is 1. The maximum absolute atomic E-state index is 5.78. The summed E-state index contributed by atoms with van der Waals surface area (Å²) in [5.41, 5.74) is 2.09. The third kappa shape index (κ3) is 9.80. The highest BCUT2D eigenvalue weighted by Gasteiger charge is 2.08. The molecule has 0 bridgehead atoms. The predicted octanol–water partition coefficient (Wildman–Crippen LogP) is 4.00. The molecule has 0 radical (unpaired) electrons. The molecule has 168 valence electrons. The molecule has 1 aromatic carbocycles. The number of nitrogens with zero attached hydrogens (tertiary/aromatic N) is 3. The standard InChI is InChI=1S/C22H35N5O2.HI/c1-6-23-22(25-16-20-14-21(17(2)3)26-29-20)24-15-18-8-10-19(11-9-18)28-13-7-12-27(4)5;/h8-11,14,17H,6-7,12-13,15-16H2,1-5H3,(H2,23,24,25);1H. The zero-order chi connectivity index (χ0) is 21.1. The number of aliphatic imine (C=N–C) groups is 1. The van der Waals surface area contributed by atoms with E-state index >= 15 is 0 Å². The first kappa shape index (κ1) is 26.2. The lowest BCUT2D eigenvalue weighted by atomic mass is 10.1. The van der Waals surface area contributed by atoms with Gasteiger partial charge in [-0.3, -0.25) is 0 Å². The largest absolute Gasteiger partial charge is 0.494 e. The van der Waals surface area contributed by atoms with Gasteiger partial charge in [-0.2, -0.15) is 0 Å². The molecule has 7 nitrogen and oxygen atoms in total. The Morgan fingerprint density at radius 3 is 2.53 bits per heavy atom. The summed E-state index contributed by atoms with van der Waals surface area (Å²) >= 11 is 0. The molecule has 1 heterocycles. The molecule has 2 aromatic rings. The molecule has 8 heteroatoms. The Morgan fingerprint density at radius 2 is 1.93 bits per heavy atom. The van der Waals surface area contributed by atoms with Crippen molar-refractivity contribution in [2.45, 2.75) is 46.2 Å². The van der Waals surface area contributed by atoms with E-state index in [-0.39, 0.29) is 24.0 Å². The molecule has 1 aromatic heterocycles. The lowest BCUT2D eigenvalue weighted by Gasteiger charge is -2.11. The minimum Gasteiger partial charge on any atom is -0.494 e. The van der Waals surface area contributed by atoms with Gasteiger partial charge in [-0.05, 0) is 51.1 Å². The molecule has 0 fully saturated rings. The predicted molar refractivity (Wildman–Crippen MR) is 133 cm³/mol. The van der Waals surface area contributed by atoms with E-state index < -0.39 is 0 Å². The van der Waals surface area contributed by atoms with Crippen LogP contribution < -0.4 is 15.4 Å². The smallest absolute Gasteiger partial charge is 0.191 e. The van der Waals surface area contributed by atoms with Gasteiger partial charge in [0.15, 0.2) is 11.7 Å². The summed E-state index contributed by atoms with van der Waals surface area (Å²) < 4.78 is 11.2. The van der Waals surface area contributed by atoms with Gasteiger partial charge in [-0.25, -0.2) is 4.99 Å². The average Bonchev–Trinajstić information content (AvgIpc) is 3.17. The van der Waals surface area contributed by atoms with E-state index in [1.54, 1.807) is 0 Å². The molecule has 30 heavy (non-hydrogen) atoms. The van der Waals surface area contributed by atoms with Crippen LogP contribution in [-0.2, 0) is 13.1 Å². The summed E-state index contributed by atoms with van der Waals surface area (Å²) in [6, 6.07) is 10.1. The van der Waals surface area contributed by atoms with Gasteiger partial charge in [-0.1, -0.05) is 31.1 Å². The van der Waals surface area contributed by atoms with Crippen molar-refractivity contribution in [3.05, 3.63) is 47.3 Å². The normalized spacial score (nSPS) is 11.5. The van der Waals surface area contributed by atoms with Gasteiger partial charge in [0, 0.05) is 19.2 Å². The minimum absolute atomic E-state index is 0. The third-order valence-electron chi connectivity index (χ3n) is 4.30. The van der Waals surface area contributed by atoms with E-state index in [4.69, 9.17) is 9.26 Å². The van der Waals surface area contributed by atoms with Crippen molar-refractivity contribution < 1.29 is 9.26 Å². The number of nitrogens with one attached hydrogen (secondary N) is 2. The molecule has 0 unspecified atom stereocenters. The highest BCUT2D eigenvalue weighted by atomic mass is 127. The van der Waals surface area contributed by atoms with Crippen LogP contribution in [0.5, 0.6) is 5.75 Å². The summed E-state index contributed by atoms with van der Waals surface area (Å²) in [6.45, 7) is 9.92. The molecule has 2 rings (SSSR count). The Hall–Kier alpha value is -1.81. The Bertz CT molecular complexity index is 744. The zero-order valence-corrected chi connectivity index (χ0v) is 21.1. The van der Waals surface area contributed by atoms with Crippen molar-refractivity contribution in [2.75, 3.05) is 33.8 Å². The Morgan fingerprint density at radius 1 is 1.20 bits per heavy atom. The number of rotatable bonds is 11. The van der Waals surface area contributed by atoms with E-state index in [0.717, 1.165) is 54.8 Å². The lowest BCUT2D eigenvalue weighted by Crippen LogP contribution is -2.36. The van der Waals surface area contributed by atoms with Gasteiger partial charge in [0.1, 0.15) is 5.75 Å². The first-order chi connectivity index (χ1) is 14.0. The molecule has 0 aliphatic carbocycles. The molecule has 0 amide bonds. The molecule has 0 saturated heterocycles. The van der Waals surface area contributed by atoms with Gasteiger partial charge in [0.05, 0.1) is 25.4 Å². The minimum atomic E-state index is 0. The Balaban J connectivity index is 0.00000450. The highest BCUT2D eigenvalue weighted by Crippen LogP contribution is 2.14. The number of hydrogen-bond acceptors (Lipinski definition) is 5. The van der Waals surface area contributed by atoms with Gasteiger partial charge in [0.25, 0.3) is 0 Å².